The van der Waals surface area contributed by atoms with E-state index in [9.17, 15) is 14.4 Å². The molecule has 24 heavy (non-hydrogen) atoms. The van der Waals surface area contributed by atoms with Gasteiger partial charge in [-0.25, -0.2) is 4.79 Å². The lowest BCUT2D eigenvalue weighted by Gasteiger charge is -2.38. The number of hydrogen-bond donors (Lipinski definition) is 1. The van der Waals surface area contributed by atoms with Crippen molar-refractivity contribution < 1.29 is 19.1 Å². The maximum atomic E-state index is 12.8. The van der Waals surface area contributed by atoms with E-state index in [1.54, 1.807) is 0 Å². The molecule has 0 saturated carbocycles. The molecule has 0 aliphatic carbocycles. The predicted molar refractivity (Wildman–Crippen MR) is 86.3 cm³/mol. The molecule has 0 bridgehead atoms. The van der Waals surface area contributed by atoms with Gasteiger partial charge in [0.25, 0.3) is 0 Å². The van der Waals surface area contributed by atoms with Crippen LogP contribution >= 0.6 is 0 Å². The number of nitrogens with one attached hydrogen (secondary N) is 1. The molecule has 0 spiro atoms. The first-order valence-electron chi connectivity index (χ1n) is 8.85. The highest BCUT2D eigenvalue weighted by atomic mass is 16.5. The summed E-state index contributed by atoms with van der Waals surface area (Å²) in [6.07, 6.45) is 3.76. The number of nitrogens with zero attached hydrogens (tertiary/aromatic N) is 3. The van der Waals surface area contributed by atoms with Crippen LogP contribution in [0.3, 0.4) is 0 Å². The van der Waals surface area contributed by atoms with Crippen molar-refractivity contribution >= 4 is 17.8 Å². The summed E-state index contributed by atoms with van der Waals surface area (Å²) < 4.78 is 5.32. The van der Waals surface area contributed by atoms with Crippen LogP contribution in [-0.4, -0.2) is 91.1 Å². The van der Waals surface area contributed by atoms with E-state index < -0.39 is 0 Å². The zero-order chi connectivity index (χ0) is 16.9. The second-order valence-corrected chi connectivity index (χ2v) is 6.54. The number of likely N-dealkylation sites (tertiary alicyclic amines) is 1. The van der Waals surface area contributed by atoms with Crippen LogP contribution in [0.5, 0.6) is 0 Å². The van der Waals surface area contributed by atoms with E-state index in [-0.39, 0.29) is 30.4 Å². The molecule has 3 fully saturated rings. The molecular formula is C16H26N4O4. The number of hydrogen-bond acceptors (Lipinski definition) is 5. The lowest BCUT2D eigenvalue weighted by atomic mass is 10.0. The smallest absolute Gasteiger partial charge is 0.324 e. The first-order chi connectivity index (χ1) is 11.7. The molecule has 4 amide bonds. The Labute approximate surface area is 142 Å². The number of piperidine rings is 1. The van der Waals surface area contributed by atoms with Crippen molar-refractivity contribution in [3.05, 3.63) is 0 Å². The second-order valence-electron chi connectivity index (χ2n) is 6.54. The predicted octanol–water partition coefficient (Wildman–Crippen LogP) is -0.358. The molecule has 0 aromatic heterocycles. The highest BCUT2D eigenvalue weighted by Gasteiger charge is 2.33. The maximum absolute atomic E-state index is 12.8. The Hall–Kier alpha value is -1.67. The summed E-state index contributed by atoms with van der Waals surface area (Å²) in [5.74, 6) is 0.0348. The standard InChI is InChI=1S/C16H26N4O4/c21-14-12-17-16(23)20(14)7-3-6-18-5-2-1-4-13(18)15(22)19-8-10-24-11-9-19/h13H,1-12H2,(H,17,23). The molecule has 3 saturated heterocycles. The van der Waals surface area contributed by atoms with Gasteiger partial charge in [0.05, 0.1) is 25.8 Å². The summed E-state index contributed by atoms with van der Waals surface area (Å²) in [5, 5.41) is 2.53. The van der Waals surface area contributed by atoms with Crippen molar-refractivity contribution in [3.8, 4) is 0 Å². The third-order valence-corrected chi connectivity index (χ3v) is 4.99. The van der Waals surface area contributed by atoms with Crippen LogP contribution < -0.4 is 5.32 Å². The van der Waals surface area contributed by atoms with Crippen molar-refractivity contribution in [2.24, 2.45) is 0 Å². The Kier molecular flexibility index (Phi) is 5.68. The number of carbonyl (C=O) groups excluding carboxylic acids is 3. The average molecular weight is 338 g/mol. The van der Waals surface area contributed by atoms with Gasteiger partial charge in [-0.05, 0) is 25.8 Å². The first kappa shape index (κ1) is 17.2. The lowest BCUT2D eigenvalue weighted by Crippen LogP contribution is -2.53. The van der Waals surface area contributed by atoms with Gasteiger partial charge in [-0.1, -0.05) is 6.42 Å². The number of carbonyl (C=O) groups is 3. The fourth-order valence-corrected chi connectivity index (χ4v) is 3.65. The summed E-state index contributed by atoms with van der Waals surface area (Å²) in [7, 11) is 0. The van der Waals surface area contributed by atoms with Crippen LogP contribution in [0.15, 0.2) is 0 Å². The number of rotatable bonds is 5. The van der Waals surface area contributed by atoms with Gasteiger partial charge in [0.2, 0.25) is 11.8 Å². The van der Waals surface area contributed by atoms with Gasteiger partial charge in [0, 0.05) is 26.2 Å². The molecule has 8 nitrogen and oxygen atoms in total. The number of imide groups is 1. The summed E-state index contributed by atoms with van der Waals surface area (Å²) in [6, 6.07) is -0.375. The number of urea groups is 1. The zero-order valence-electron chi connectivity index (χ0n) is 14.0. The van der Waals surface area contributed by atoms with E-state index in [4.69, 9.17) is 4.74 Å². The highest BCUT2D eigenvalue weighted by molar-refractivity contribution is 6.01. The van der Waals surface area contributed by atoms with Crippen molar-refractivity contribution in [3.63, 3.8) is 0 Å². The van der Waals surface area contributed by atoms with Crippen molar-refractivity contribution in [1.82, 2.24) is 20.0 Å². The molecule has 134 valence electrons. The molecule has 3 aliphatic heterocycles. The van der Waals surface area contributed by atoms with Gasteiger partial charge in [-0.2, -0.15) is 0 Å². The summed E-state index contributed by atoms with van der Waals surface area (Å²) in [5.41, 5.74) is 0. The van der Waals surface area contributed by atoms with E-state index in [1.165, 1.54) is 4.90 Å². The normalized spacial score (nSPS) is 25.9. The largest absolute Gasteiger partial charge is 0.378 e. The topological polar surface area (TPSA) is 82.2 Å². The molecule has 0 aromatic carbocycles. The quantitative estimate of drug-likeness (QED) is 0.693. The van der Waals surface area contributed by atoms with Crippen LogP contribution in [0.25, 0.3) is 0 Å². The lowest BCUT2D eigenvalue weighted by molar-refractivity contribution is -0.142. The summed E-state index contributed by atoms with van der Waals surface area (Å²) >= 11 is 0. The molecule has 0 aromatic rings. The number of ether oxygens (including phenoxy) is 1. The van der Waals surface area contributed by atoms with Crippen LogP contribution in [0.2, 0.25) is 0 Å². The Morgan fingerprint density at radius 2 is 1.92 bits per heavy atom. The molecule has 1 atom stereocenters. The van der Waals surface area contributed by atoms with Gasteiger partial charge >= 0.3 is 6.03 Å². The monoisotopic (exact) mass is 338 g/mol. The van der Waals surface area contributed by atoms with Crippen LogP contribution in [0.4, 0.5) is 4.79 Å². The van der Waals surface area contributed by atoms with E-state index in [0.29, 0.717) is 39.3 Å². The van der Waals surface area contributed by atoms with Crippen molar-refractivity contribution in [2.45, 2.75) is 31.7 Å². The minimum atomic E-state index is -0.306. The van der Waals surface area contributed by atoms with Gasteiger partial charge < -0.3 is 15.0 Å². The van der Waals surface area contributed by atoms with Crippen LogP contribution in [0, 0.1) is 0 Å². The molecule has 8 heteroatoms. The second kappa shape index (κ2) is 7.94. The molecule has 1 unspecified atom stereocenters. The number of amides is 4. The van der Waals surface area contributed by atoms with Crippen LogP contribution in [0.1, 0.15) is 25.7 Å². The molecule has 3 heterocycles. The molecule has 1 N–H and O–H groups in total. The Morgan fingerprint density at radius 1 is 1.12 bits per heavy atom. The van der Waals surface area contributed by atoms with Gasteiger partial charge in [-0.15, -0.1) is 0 Å². The van der Waals surface area contributed by atoms with Gasteiger partial charge in [0.1, 0.15) is 0 Å². The summed E-state index contributed by atoms with van der Waals surface area (Å²) in [6.45, 7) is 4.73. The number of morpholine rings is 1. The van der Waals surface area contributed by atoms with E-state index in [2.05, 4.69) is 10.2 Å². The molecular weight excluding hydrogens is 312 g/mol. The van der Waals surface area contributed by atoms with Crippen molar-refractivity contribution in [2.75, 3.05) is 52.5 Å². The highest BCUT2D eigenvalue weighted by Crippen LogP contribution is 2.20. The fourth-order valence-electron chi connectivity index (χ4n) is 3.65. The maximum Gasteiger partial charge on any atom is 0.324 e. The first-order valence-corrected chi connectivity index (χ1v) is 8.85. The van der Waals surface area contributed by atoms with Crippen molar-refractivity contribution in [1.29, 1.82) is 0 Å². The van der Waals surface area contributed by atoms with E-state index in [1.807, 2.05) is 4.90 Å². The van der Waals surface area contributed by atoms with Gasteiger partial charge in [-0.3, -0.25) is 19.4 Å². The molecule has 3 aliphatic rings. The van der Waals surface area contributed by atoms with Crippen LogP contribution in [-0.2, 0) is 14.3 Å². The molecule has 0 radical (unpaired) electrons. The fraction of sp³-hybridized carbons (Fsp3) is 0.812. The Morgan fingerprint density at radius 3 is 2.62 bits per heavy atom. The zero-order valence-corrected chi connectivity index (χ0v) is 14.0. The third kappa shape index (κ3) is 3.87. The van der Waals surface area contributed by atoms with Gasteiger partial charge in [0.15, 0.2) is 0 Å². The minimum absolute atomic E-state index is 0.0695. The average Bonchev–Trinajstić information content (AvgIpc) is 2.94. The minimum Gasteiger partial charge on any atom is -0.378 e. The molecule has 3 rings (SSSR count). The SMILES string of the molecule is O=C(C1CCCCN1CCCN1C(=O)CNC1=O)N1CCOCC1. The Bertz CT molecular complexity index is 476. The van der Waals surface area contributed by atoms with E-state index in [0.717, 1.165) is 32.4 Å². The third-order valence-electron chi connectivity index (χ3n) is 4.99. The summed E-state index contributed by atoms with van der Waals surface area (Å²) in [4.78, 5) is 41.3. The Balaban J connectivity index is 1.51. The van der Waals surface area contributed by atoms with E-state index >= 15 is 0 Å².